The highest BCUT2D eigenvalue weighted by atomic mass is 15.0. The van der Waals surface area contributed by atoms with Crippen LogP contribution >= 0.6 is 0 Å². The predicted octanol–water partition coefficient (Wildman–Crippen LogP) is 2.88. The largest absolute Gasteiger partial charge is 0.351 e. The van der Waals surface area contributed by atoms with Crippen molar-refractivity contribution in [3.8, 4) is 0 Å². The van der Waals surface area contributed by atoms with Gasteiger partial charge in [0.15, 0.2) is 0 Å². The Morgan fingerprint density at radius 2 is 2.15 bits per heavy atom. The molecule has 1 nitrogen and oxygen atoms in total. The van der Waals surface area contributed by atoms with Crippen molar-refractivity contribution in [3.05, 3.63) is 24.0 Å². The molecule has 1 aromatic heterocycles. The summed E-state index contributed by atoms with van der Waals surface area (Å²) in [6, 6.07) is 4.49. The van der Waals surface area contributed by atoms with E-state index in [1.54, 1.807) is 5.69 Å². The second kappa shape index (κ2) is 2.02. The third kappa shape index (κ3) is 0.877. The van der Waals surface area contributed by atoms with Crippen LogP contribution in [-0.2, 0) is 6.54 Å². The highest BCUT2D eigenvalue weighted by Gasteiger charge is 2.60. The van der Waals surface area contributed by atoms with Gasteiger partial charge < -0.3 is 4.57 Å². The maximum atomic E-state index is 2.43. The molecule has 2 aliphatic rings. The Morgan fingerprint density at radius 3 is 2.85 bits per heavy atom. The molecule has 1 saturated carbocycles. The van der Waals surface area contributed by atoms with E-state index in [9.17, 15) is 0 Å². The van der Waals surface area contributed by atoms with Gasteiger partial charge in [-0.15, -0.1) is 0 Å². The van der Waals surface area contributed by atoms with Crippen LogP contribution < -0.4 is 0 Å². The molecule has 0 saturated heterocycles. The van der Waals surface area contributed by atoms with Gasteiger partial charge >= 0.3 is 0 Å². The summed E-state index contributed by atoms with van der Waals surface area (Å²) in [6.07, 6.45) is 2.22. The number of hydrogen-bond donors (Lipinski definition) is 0. The zero-order chi connectivity index (χ0) is 9.22. The van der Waals surface area contributed by atoms with Crippen LogP contribution in [0.25, 0.3) is 0 Å². The minimum atomic E-state index is 0.505. The van der Waals surface area contributed by atoms with Gasteiger partial charge in [-0.25, -0.2) is 0 Å². The lowest BCUT2D eigenvalue weighted by Gasteiger charge is -2.21. The Kier molecular flexibility index (Phi) is 1.19. The molecule has 0 N–H and O–H groups in total. The molecule has 1 aromatic rings. The van der Waals surface area contributed by atoms with Crippen molar-refractivity contribution in [1.29, 1.82) is 0 Å². The summed E-state index contributed by atoms with van der Waals surface area (Å²) < 4.78 is 2.43. The molecule has 1 unspecified atom stereocenters. The van der Waals surface area contributed by atoms with E-state index in [1.807, 2.05) is 0 Å². The van der Waals surface area contributed by atoms with E-state index < -0.39 is 0 Å². The second-order valence-corrected chi connectivity index (χ2v) is 5.67. The van der Waals surface area contributed by atoms with Crippen molar-refractivity contribution >= 4 is 0 Å². The zero-order valence-corrected chi connectivity index (χ0v) is 8.62. The summed E-state index contributed by atoms with van der Waals surface area (Å²) in [5.74, 6) is 2.78. The van der Waals surface area contributed by atoms with Gasteiger partial charge in [-0.2, -0.15) is 0 Å². The second-order valence-electron chi connectivity index (χ2n) is 5.67. The highest BCUT2D eigenvalue weighted by Crippen LogP contribution is 2.65. The molecule has 0 spiro atoms. The summed E-state index contributed by atoms with van der Waals surface area (Å²) in [5, 5.41) is 0. The van der Waals surface area contributed by atoms with Gasteiger partial charge in [0.25, 0.3) is 0 Å². The lowest BCUT2D eigenvalue weighted by atomic mass is 9.87. The minimum absolute atomic E-state index is 0.505. The normalized spacial score (nSPS) is 35.8. The fourth-order valence-electron chi connectivity index (χ4n) is 3.31. The standard InChI is InChI=1S/C12H17N/c1-12(2,3)11-8-7-13-6-4-5-9(13)10(8)11/h4-6,8,10-11H,7H2,1-3H3/t8?,10-,11-/m1/s1. The Bertz CT molecular complexity index is 342. The SMILES string of the molecule is CC(C)(C)[C@@H]1C2Cn3cccc3[C@@H]21. The maximum Gasteiger partial charge on any atom is 0.0260 e. The lowest BCUT2D eigenvalue weighted by Crippen LogP contribution is -2.14. The van der Waals surface area contributed by atoms with Gasteiger partial charge in [-0.3, -0.25) is 0 Å². The smallest absolute Gasteiger partial charge is 0.0260 e. The van der Waals surface area contributed by atoms with Gasteiger partial charge in [0.2, 0.25) is 0 Å². The number of fused-ring (bicyclic) bond motifs is 3. The van der Waals surface area contributed by atoms with E-state index in [2.05, 4.69) is 43.7 Å². The average molecular weight is 175 g/mol. The monoisotopic (exact) mass is 175 g/mol. The Hall–Kier alpha value is -0.720. The molecule has 0 radical (unpaired) electrons. The molecular formula is C12H17N. The van der Waals surface area contributed by atoms with E-state index >= 15 is 0 Å². The molecular weight excluding hydrogens is 158 g/mol. The van der Waals surface area contributed by atoms with Gasteiger partial charge in [0, 0.05) is 24.4 Å². The predicted molar refractivity (Wildman–Crippen MR) is 53.6 cm³/mol. The summed E-state index contributed by atoms with van der Waals surface area (Å²) in [7, 11) is 0. The Balaban J connectivity index is 1.93. The Labute approximate surface area is 79.8 Å². The molecule has 1 heteroatoms. The molecule has 0 bridgehead atoms. The van der Waals surface area contributed by atoms with E-state index in [0.29, 0.717) is 5.41 Å². The van der Waals surface area contributed by atoms with Gasteiger partial charge in [0.1, 0.15) is 0 Å². The van der Waals surface area contributed by atoms with Crippen molar-refractivity contribution in [2.75, 3.05) is 0 Å². The molecule has 1 aliphatic heterocycles. The first-order valence-corrected chi connectivity index (χ1v) is 5.24. The third-order valence-corrected chi connectivity index (χ3v) is 3.78. The molecule has 0 aromatic carbocycles. The summed E-state index contributed by atoms with van der Waals surface area (Å²) >= 11 is 0. The summed E-state index contributed by atoms with van der Waals surface area (Å²) in [4.78, 5) is 0. The number of nitrogens with zero attached hydrogens (tertiary/aromatic N) is 1. The van der Waals surface area contributed by atoms with Crippen molar-refractivity contribution in [3.63, 3.8) is 0 Å². The number of hydrogen-bond acceptors (Lipinski definition) is 0. The van der Waals surface area contributed by atoms with Crippen LogP contribution in [-0.4, -0.2) is 4.57 Å². The van der Waals surface area contributed by atoms with Gasteiger partial charge in [-0.1, -0.05) is 20.8 Å². The van der Waals surface area contributed by atoms with Crippen molar-refractivity contribution in [1.82, 2.24) is 4.57 Å². The molecule has 70 valence electrons. The summed E-state index contributed by atoms with van der Waals surface area (Å²) in [6.45, 7) is 8.41. The Morgan fingerprint density at radius 1 is 1.38 bits per heavy atom. The highest BCUT2D eigenvalue weighted by molar-refractivity contribution is 5.30. The van der Waals surface area contributed by atoms with E-state index in [1.165, 1.54) is 6.54 Å². The molecule has 0 amide bonds. The van der Waals surface area contributed by atoms with Crippen molar-refractivity contribution in [2.24, 2.45) is 17.3 Å². The van der Waals surface area contributed by atoms with Crippen LogP contribution in [0, 0.1) is 17.3 Å². The molecule has 3 rings (SSSR count). The number of aromatic nitrogens is 1. The van der Waals surface area contributed by atoms with Crippen LogP contribution in [0.1, 0.15) is 32.4 Å². The molecule has 1 aliphatic carbocycles. The minimum Gasteiger partial charge on any atom is -0.351 e. The molecule has 2 heterocycles. The first-order valence-electron chi connectivity index (χ1n) is 5.24. The van der Waals surface area contributed by atoms with E-state index in [4.69, 9.17) is 0 Å². The first kappa shape index (κ1) is 7.66. The van der Waals surface area contributed by atoms with Crippen molar-refractivity contribution < 1.29 is 0 Å². The van der Waals surface area contributed by atoms with Crippen LogP contribution in [0.2, 0.25) is 0 Å². The van der Waals surface area contributed by atoms with Crippen molar-refractivity contribution in [2.45, 2.75) is 33.2 Å². The average Bonchev–Trinajstić information content (AvgIpc) is 2.39. The fraction of sp³-hybridized carbons (Fsp3) is 0.667. The van der Waals surface area contributed by atoms with Crippen LogP contribution in [0.4, 0.5) is 0 Å². The number of rotatable bonds is 0. The van der Waals surface area contributed by atoms with Crippen LogP contribution in [0.5, 0.6) is 0 Å². The quantitative estimate of drug-likeness (QED) is 0.571. The zero-order valence-electron chi connectivity index (χ0n) is 8.62. The third-order valence-electron chi connectivity index (χ3n) is 3.78. The van der Waals surface area contributed by atoms with Gasteiger partial charge in [-0.05, 0) is 29.4 Å². The molecule has 13 heavy (non-hydrogen) atoms. The van der Waals surface area contributed by atoms with Crippen LogP contribution in [0.3, 0.4) is 0 Å². The fourth-order valence-corrected chi connectivity index (χ4v) is 3.31. The van der Waals surface area contributed by atoms with E-state index in [-0.39, 0.29) is 0 Å². The van der Waals surface area contributed by atoms with Crippen LogP contribution in [0.15, 0.2) is 18.3 Å². The molecule has 1 fully saturated rings. The summed E-state index contributed by atoms with van der Waals surface area (Å²) in [5.41, 5.74) is 2.09. The maximum absolute atomic E-state index is 2.43. The lowest BCUT2D eigenvalue weighted by molar-refractivity contribution is 0.309. The van der Waals surface area contributed by atoms with E-state index in [0.717, 1.165) is 17.8 Å². The first-order chi connectivity index (χ1) is 6.09. The van der Waals surface area contributed by atoms with Gasteiger partial charge in [0.05, 0.1) is 0 Å². The topological polar surface area (TPSA) is 4.93 Å². The molecule has 3 atom stereocenters.